The van der Waals surface area contributed by atoms with Gasteiger partial charge in [-0.1, -0.05) is 41.9 Å². The minimum Gasteiger partial charge on any atom is -0.308 e. The van der Waals surface area contributed by atoms with Crippen LogP contribution in [0.1, 0.15) is 52.2 Å². The average Bonchev–Trinajstić information content (AvgIpc) is 2.68. The number of hydrogen-bond acceptors (Lipinski definition) is 2. The van der Waals surface area contributed by atoms with E-state index in [2.05, 4.69) is 79.0 Å². The molecule has 1 fully saturated rings. The van der Waals surface area contributed by atoms with Gasteiger partial charge in [0.2, 0.25) is 0 Å². The normalized spacial score (nSPS) is 19.1. The summed E-state index contributed by atoms with van der Waals surface area (Å²) in [5.74, 6) is 0. The molecular weight excluding hydrogens is 324 g/mol. The molecule has 21 heavy (non-hydrogen) atoms. The Morgan fingerprint density at radius 1 is 1.29 bits per heavy atom. The second-order valence-corrected chi connectivity index (χ2v) is 9.01. The molecule has 1 aliphatic heterocycles. The van der Waals surface area contributed by atoms with Gasteiger partial charge in [-0.15, -0.1) is 0 Å². The lowest BCUT2D eigenvalue weighted by atomic mass is 9.93. The molecule has 0 amide bonds. The molecule has 1 saturated heterocycles. The highest BCUT2D eigenvalue weighted by Gasteiger charge is 2.29. The first-order valence-electron chi connectivity index (χ1n) is 7.89. The third-order valence-electron chi connectivity index (χ3n) is 4.09. The number of rotatable bonds is 4. The summed E-state index contributed by atoms with van der Waals surface area (Å²) in [4.78, 5) is 2.56. The second kappa shape index (κ2) is 6.39. The molecule has 1 aromatic rings. The van der Waals surface area contributed by atoms with Crippen molar-refractivity contribution in [2.75, 3.05) is 13.1 Å². The smallest absolute Gasteiger partial charge is 0.0245 e. The number of nitrogens with one attached hydrogen (secondary N) is 1. The van der Waals surface area contributed by atoms with Crippen LogP contribution in [0.25, 0.3) is 0 Å². The summed E-state index contributed by atoms with van der Waals surface area (Å²) in [5.41, 5.74) is 3.37. The Balaban J connectivity index is 1.96. The van der Waals surface area contributed by atoms with Crippen molar-refractivity contribution in [3.8, 4) is 0 Å². The lowest BCUT2D eigenvalue weighted by Gasteiger charge is -2.22. The number of benzene rings is 1. The van der Waals surface area contributed by atoms with Gasteiger partial charge in [0.1, 0.15) is 0 Å². The summed E-state index contributed by atoms with van der Waals surface area (Å²) in [6.07, 6.45) is 1.30. The van der Waals surface area contributed by atoms with Crippen molar-refractivity contribution in [1.29, 1.82) is 0 Å². The lowest BCUT2D eigenvalue weighted by molar-refractivity contribution is 0.284. The first-order valence-corrected chi connectivity index (χ1v) is 8.69. The maximum absolute atomic E-state index is 3.75. The monoisotopic (exact) mass is 352 g/mol. The van der Waals surface area contributed by atoms with Crippen LogP contribution in [0, 0.1) is 5.41 Å². The summed E-state index contributed by atoms with van der Waals surface area (Å²) in [6.45, 7) is 15.7. The molecule has 1 aliphatic rings. The topological polar surface area (TPSA) is 15.3 Å². The Labute approximate surface area is 138 Å². The van der Waals surface area contributed by atoms with Crippen LogP contribution in [-0.2, 0) is 13.1 Å². The highest BCUT2D eigenvalue weighted by Crippen LogP contribution is 2.31. The SMILES string of the molecule is CC1(C)CCN(Cc2ccc(CNC(C)(C)C)cc2Br)C1. The Bertz CT molecular complexity index is 488. The third-order valence-corrected chi connectivity index (χ3v) is 4.83. The summed E-state index contributed by atoms with van der Waals surface area (Å²) in [7, 11) is 0. The van der Waals surface area contributed by atoms with Crippen molar-refractivity contribution >= 4 is 15.9 Å². The highest BCUT2D eigenvalue weighted by molar-refractivity contribution is 9.10. The fourth-order valence-corrected chi connectivity index (χ4v) is 3.35. The molecule has 0 bridgehead atoms. The molecule has 0 spiro atoms. The number of halogens is 1. The second-order valence-electron chi connectivity index (χ2n) is 8.15. The van der Waals surface area contributed by atoms with Gasteiger partial charge in [0.15, 0.2) is 0 Å². The minimum atomic E-state index is 0.159. The van der Waals surface area contributed by atoms with E-state index in [1.807, 2.05) is 0 Å². The fourth-order valence-electron chi connectivity index (χ4n) is 2.80. The fraction of sp³-hybridized carbons (Fsp3) is 0.667. The van der Waals surface area contributed by atoms with Gasteiger partial charge < -0.3 is 5.32 Å². The van der Waals surface area contributed by atoms with Gasteiger partial charge in [-0.05, 0) is 56.3 Å². The standard InChI is InChI=1S/C18H29BrN2/c1-17(2,3)20-11-14-6-7-15(16(19)10-14)12-21-9-8-18(4,5)13-21/h6-7,10,20H,8-9,11-13H2,1-5H3. The van der Waals surface area contributed by atoms with E-state index in [0.29, 0.717) is 5.41 Å². The summed E-state index contributed by atoms with van der Waals surface area (Å²) in [5, 5.41) is 3.54. The van der Waals surface area contributed by atoms with Crippen molar-refractivity contribution in [1.82, 2.24) is 10.2 Å². The first kappa shape index (κ1) is 17.0. The molecule has 1 heterocycles. The molecule has 3 heteroatoms. The van der Waals surface area contributed by atoms with Crippen LogP contribution >= 0.6 is 15.9 Å². The Morgan fingerprint density at radius 2 is 2.00 bits per heavy atom. The van der Waals surface area contributed by atoms with Crippen LogP contribution in [0.2, 0.25) is 0 Å². The number of nitrogens with zero attached hydrogens (tertiary/aromatic N) is 1. The lowest BCUT2D eigenvalue weighted by Crippen LogP contribution is -2.35. The molecular formula is C18H29BrN2. The van der Waals surface area contributed by atoms with Crippen LogP contribution in [0.5, 0.6) is 0 Å². The van der Waals surface area contributed by atoms with Crippen LogP contribution in [0.4, 0.5) is 0 Å². The molecule has 1 aromatic carbocycles. The van der Waals surface area contributed by atoms with Crippen LogP contribution in [0.3, 0.4) is 0 Å². The largest absolute Gasteiger partial charge is 0.308 e. The van der Waals surface area contributed by atoms with E-state index >= 15 is 0 Å². The van der Waals surface area contributed by atoms with Gasteiger partial charge in [0.25, 0.3) is 0 Å². The predicted molar refractivity (Wildman–Crippen MR) is 94.4 cm³/mol. The molecule has 0 aliphatic carbocycles. The zero-order valence-electron chi connectivity index (χ0n) is 14.1. The van der Waals surface area contributed by atoms with Crippen molar-refractivity contribution in [2.24, 2.45) is 5.41 Å². The average molecular weight is 353 g/mol. The zero-order chi connectivity index (χ0) is 15.7. The molecule has 0 aromatic heterocycles. The molecule has 118 valence electrons. The Kier molecular flexibility index (Phi) is 5.17. The van der Waals surface area contributed by atoms with Crippen molar-refractivity contribution in [3.05, 3.63) is 33.8 Å². The van der Waals surface area contributed by atoms with Gasteiger partial charge in [-0.25, -0.2) is 0 Å². The van der Waals surface area contributed by atoms with E-state index in [9.17, 15) is 0 Å². The molecule has 1 N–H and O–H groups in total. The molecule has 2 rings (SSSR count). The molecule has 2 nitrogen and oxygen atoms in total. The minimum absolute atomic E-state index is 0.159. The van der Waals surface area contributed by atoms with Gasteiger partial charge in [-0.3, -0.25) is 4.90 Å². The van der Waals surface area contributed by atoms with Crippen LogP contribution < -0.4 is 5.32 Å². The van der Waals surface area contributed by atoms with Crippen molar-refractivity contribution in [3.63, 3.8) is 0 Å². The van der Waals surface area contributed by atoms with Crippen LogP contribution in [0.15, 0.2) is 22.7 Å². The molecule has 0 unspecified atom stereocenters. The van der Waals surface area contributed by atoms with Crippen molar-refractivity contribution in [2.45, 2.75) is 59.7 Å². The maximum atomic E-state index is 3.75. The van der Waals surface area contributed by atoms with E-state index in [0.717, 1.165) is 13.1 Å². The third kappa shape index (κ3) is 5.39. The summed E-state index contributed by atoms with van der Waals surface area (Å²) in [6, 6.07) is 6.78. The van der Waals surface area contributed by atoms with E-state index in [4.69, 9.17) is 0 Å². The summed E-state index contributed by atoms with van der Waals surface area (Å²) >= 11 is 3.75. The van der Waals surface area contributed by atoms with E-state index in [-0.39, 0.29) is 5.54 Å². The van der Waals surface area contributed by atoms with E-state index in [1.54, 1.807) is 0 Å². The van der Waals surface area contributed by atoms with E-state index < -0.39 is 0 Å². The zero-order valence-corrected chi connectivity index (χ0v) is 15.7. The van der Waals surface area contributed by atoms with E-state index in [1.165, 1.54) is 35.1 Å². The van der Waals surface area contributed by atoms with Gasteiger partial charge >= 0.3 is 0 Å². The quantitative estimate of drug-likeness (QED) is 0.853. The number of hydrogen-bond donors (Lipinski definition) is 1. The Hall–Kier alpha value is -0.380. The van der Waals surface area contributed by atoms with Crippen molar-refractivity contribution < 1.29 is 0 Å². The highest BCUT2D eigenvalue weighted by atomic mass is 79.9. The molecule has 0 radical (unpaired) electrons. The van der Waals surface area contributed by atoms with Crippen LogP contribution in [-0.4, -0.2) is 23.5 Å². The predicted octanol–water partition coefficient (Wildman–Crippen LogP) is 4.57. The Morgan fingerprint density at radius 3 is 2.52 bits per heavy atom. The molecule has 0 saturated carbocycles. The maximum Gasteiger partial charge on any atom is 0.0245 e. The first-order chi connectivity index (χ1) is 9.65. The van der Waals surface area contributed by atoms with Gasteiger partial charge in [0, 0.05) is 29.6 Å². The number of likely N-dealkylation sites (tertiary alicyclic amines) is 1. The van der Waals surface area contributed by atoms with Gasteiger partial charge in [-0.2, -0.15) is 0 Å². The van der Waals surface area contributed by atoms with Gasteiger partial charge in [0.05, 0.1) is 0 Å². The summed E-state index contributed by atoms with van der Waals surface area (Å²) < 4.78 is 1.24. The molecule has 0 atom stereocenters.